The van der Waals surface area contributed by atoms with Gasteiger partial charge in [0.1, 0.15) is 0 Å². The maximum Gasteiger partial charge on any atom is 0.305 e. The highest BCUT2D eigenvalue weighted by Gasteiger charge is 2.28. The molecule has 0 spiro atoms. The summed E-state index contributed by atoms with van der Waals surface area (Å²) in [5.74, 6) is -0.788. The fourth-order valence-corrected chi connectivity index (χ4v) is 3.54. The Kier molecular flexibility index (Phi) is 4.75. The van der Waals surface area contributed by atoms with Crippen molar-refractivity contribution in [3.8, 4) is 0 Å². The molecule has 4 nitrogen and oxygen atoms in total. The summed E-state index contributed by atoms with van der Waals surface area (Å²) in [6.45, 7) is 1.89. The van der Waals surface area contributed by atoms with E-state index in [1.807, 2.05) is 6.07 Å². The zero-order valence-corrected chi connectivity index (χ0v) is 12.9. The summed E-state index contributed by atoms with van der Waals surface area (Å²) < 4.78 is 1.74. The summed E-state index contributed by atoms with van der Waals surface area (Å²) in [6, 6.07) is 1.76. The van der Waals surface area contributed by atoms with Gasteiger partial charge in [0.2, 0.25) is 0 Å². The van der Waals surface area contributed by atoms with Crippen LogP contribution < -0.4 is 0 Å². The molecule has 2 rings (SSSR count). The van der Waals surface area contributed by atoms with Crippen LogP contribution in [-0.4, -0.2) is 34.0 Å². The smallest absolute Gasteiger partial charge is 0.305 e. The van der Waals surface area contributed by atoms with Crippen LogP contribution in [0.5, 0.6) is 0 Å². The molecule has 1 fully saturated rings. The molecule has 0 saturated carbocycles. The number of carboxylic acid groups (broad SMARTS) is 1. The second-order valence-corrected chi connectivity index (χ2v) is 6.15. The molecule has 1 aliphatic rings. The van der Waals surface area contributed by atoms with Gasteiger partial charge in [-0.25, -0.2) is 0 Å². The number of carboxylic acids is 1. The summed E-state index contributed by atoms with van der Waals surface area (Å²) in [6.07, 6.45) is 4.06. The van der Waals surface area contributed by atoms with Crippen molar-refractivity contribution in [3.05, 3.63) is 26.9 Å². The van der Waals surface area contributed by atoms with Crippen molar-refractivity contribution in [1.29, 1.82) is 0 Å². The number of likely N-dealkylation sites (tertiary alicyclic amines) is 1. The van der Waals surface area contributed by atoms with E-state index in [-0.39, 0.29) is 12.5 Å². The lowest BCUT2D eigenvalue weighted by Gasteiger charge is -2.26. The quantitative estimate of drug-likeness (QED) is 0.875. The van der Waals surface area contributed by atoms with Crippen LogP contribution in [0.1, 0.15) is 31.0 Å². The Hall–Kier alpha value is -0.460. The standard InChI is InChI=1S/C12H14Br2N2O2/c13-8-5-9(14)12(15-7-8)10(6-11(17)18)16-3-1-2-4-16/h5,7,10H,1-4,6H2,(H,17,18). The summed E-state index contributed by atoms with van der Waals surface area (Å²) in [4.78, 5) is 17.6. The van der Waals surface area contributed by atoms with E-state index in [9.17, 15) is 4.79 Å². The zero-order valence-electron chi connectivity index (χ0n) is 9.77. The van der Waals surface area contributed by atoms with Crippen molar-refractivity contribution >= 4 is 37.8 Å². The number of hydrogen-bond acceptors (Lipinski definition) is 3. The fraction of sp³-hybridized carbons (Fsp3) is 0.500. The van der Waals surface area contributed by atoms with Gasteiger partial charge in [0.15, 0.2) is 0 Å². The predicted molar refractivity (Wildman–Crippen MR) is 75.4 cm³/mol. The molecule has 98 valence electrons. The third-order valence-corrected chi connectivity index (χ3v) is 4.17. The molecule has 1 unspecified atom stereocenters. The number of nitrogens with zero attached hydrogens (tertiary/aromatic N) is 2. The number of aliphatic carboxylic acids is 1. The number of pyridine rings is 1. The van der Waals surface area contributed by atoms with Crippen molar-refractivity contribution < 1.29 is 9.90 Å². The van der Waals surface area contributed by atoms with Crippen molar-refractivity contribution in [1.82, 2.24) is 9.88 Å². The molecular formula is C12H14Br2N2O2. The molecule has 1 atom stereocenters. The number of rotatable bonds is 4. The van der Waals surface area contributed by atoms with Crippen LogP contribution in [0.25, 0.3) is 0 Å². The lowest BCUT2D eigenvalue weighted by atomic mass is 10.1. The fourth-order valence-electron chi connectivity index (χ4n) is 2.29. The SMILES string of the molecule is O=C(O)CC(c1ncc(Br)cc1Br)N1CCCC1. The first kappa shape index (κ1) is 14.0. The molecule has 0 radical (unpaired) electrons. The summed E-state index contributed by atoms with van der Waals surface area (Å²) in [7, 11) is 0. The van der Waals surface area contributed by atoms with E-state index in [1.165, 1.54) is 0 Å². The molecule has 1 saturated heterocycles. The molecule has 0 amide bonds. The Morgan fingerprint density at radius 3 is 2.67 bits per heavy atom. The molecule has 1 aromatic rings. The van der Waals surface area contributed by atoms with E-state index < -0.39 is 5.97 Å². The zero-order chi connectivity index (χ0) is 13.1. The van der Waals surface area contributed by atoms with Crippen LogP contribution in [0.4, 0.5) is 0 Å². The largest absolute Gasteiger partial charge is 0.481 e. The Bertz CT molecular complexity index is 448. The van der Waals surface area contributed by atoms with Crippen molar-refractivity contribution in [2.45, 2.75) is 25.3 Å². The molecule has 6 heteroatoms. The topological polar surface area (TPSA) is 53.4 Å². The van der Waals surface area contributed by atoms with E-state index >= 15 is 0 Å². The van der Waals surface area contributed by atoms with Gasteiger partial charge in [-0.2, -0.15) is 0 Å². The maximum absolute atomic E-state index is 11.0. The lowest BCUT2D eigenvalue weighted by molar-refractivity contribution is -0.138. The average Bonchev–Trinajstić information content (AvgIpc) is 2.79. The minimum Gasteiger partial charge on any atom is -0.481 e. The van der Waals surface area contributed by atoms with Gasteiger partial charge < -0.3 is 5.11 Å². The summed E-state index contributed by atoms with van der Waals surface area (Å²) in [5.41, 5.74) is 0.808. The third-order valence-electron chi connectivity index (χ3n) is 3.10. The van der Waals surface area contributed by atoms with Crippen LogP contribution >= 0.6 is 31.9 Å². The Labute approximate surface area is 123 Å². The third kappa shape index (κ3) is 3.30. The van der Waals surface area contributed by atoms with E-state index in [2.05, 4.69) is 41.7 Å². The molecule has 1 aromatic heterocycles. The summed E-state index contributed by atoms with van der Waals surface area (Å²) >= 11 is 6.83. The van der Waals surface area contributed by atoms with Gasteiger partial charge in [-0.15, -0.1) is 0 Å². The van der Waals surface area contributed by atoms with Crippen LogP contribution in [0.15, 0.2) is 21.2 Å². The highest BCUT2D eigenvalue weighted by Crippen LogP contribution is 2.32. The molecule has 2 heterocycles. The van der Waals surface area contributed by atoms with Crippen molar-refractivity contribution in [2.24, 2.45) is 0 Å². The van der Waals surface area contributed by atoms with Gasteiger partial charge in [0, 0.05) is 15.1 Å². The maximum atomic E-state index is 11.0. The van der Waals surface area contributed by atoms with E-state index in [0.29, 0.717) is 0 Å². The molecule has 0 aliphatic carbocycles. The Morgan fingerprint density at radius 2 is 2.11 bits per heavy atom. The molecule has 0 bridgehead atoms. The average molecular weight is 378 g/mol. The Morgan fingerprint density at radius 1 is 1.44 bits per heavy atom. The van der Waals surface area contributed by atoms with E-state index in [0.717, 1.165) is 40.6 Å². The number of halogens is 2. The second-order valence-electron chi connectivity index (χ2n) is 4.38. The van der Waals surface area contributed by atoms with Gasteiger partial charge >= 0.3 is 5.97 Å². The van der Waals surface area contributed by atoms with Crippen molar-refractivity contribution in [2.75, 3.05) is 13.1 Å². The number of aromatic nitrogens is 1. The first-order valence-electron chi connectivity index (χ1n) is 5.84. The van der Waals surface area contributed by atoms with Crippen LogP contribution in [-0.2, 0) is 4.79 Å². The van der Waals surface area contributed by atoms with Crippen molar-refractivity contribution in [3.63, 3.8) is 0 Å². The van der Waals surface area contributed by atoms with Gasteiger partial charge in [-0.05, 0) is 63.9 Å². The first-order valence-corrected chi connectivity index (χ1v) is 7.43. The Balaban J connectivity index is 2.29. The highest BCUT2D eigenvalue weighted by molar-refractivity contribution is 9.11. The van der Waals surface area contributed by atoms with Crippen LogP contribution in [0.2, 0.25) is 0 Å². The normalized spacial score (nSPS) is 17.9. The molecule has 1 N–H and O–H groups in total. The number of carbonyl (C=O) groups is 1. The monoisotopic (exact) mass is 376 g/mol. The first-order chi connectivity index (χ1) is 8.58. The van der Waals surface area contributed by atoms with E-state index in [4.69, 9.17) is 5.11 Å². The van der Waals surface area contributed by atoms with Crippen LogP contribution in [0, 0.1) is 0 Å². The van der Waals surface area contributed by atoms with Gasteiger partial charge in [-0.1, -0.05) is 0 Å². The lowest BCUT2D eigenvalue weighted by Crippen LogP contribution is -2.28. The van der Waals surface area contributed by atoms with Gasteiger partial charge in [0.05, 0.1) is 18.2 Å². The van der Waals surface area contributed by atoms with Gasteiger partial charge in [-0.3, -0.25) is 14.7 Å². The molecule has 0 aromatic carbocycles. The number of hydrogen-bond donors (Lipinski definition) is 1. The van der Waals surface area contributed by atoms with Gasteiger partial charge in [0.25, 0.3) is 0 Å². The van der Waals surface area contributed by atoms with Crippen LogP contribution in [0.3, 0.4) is 0 Å². The predicted octanol–water partition coefficient (Wildman–Crippen LogP) is 3.22. The molecular weight excluding hydrogens is 364 g/mol. The minimum atomic E-state index is -0.788. The molecule has 18 heavy (non-hydrogen) atoms. The highest BCUT2D eigenvalue weighted by atomic mass is 79.9. The second kappa shape index (κ2) is 6.12. The molecule has 1 aliphatic heterocycles. The van der Waals surface area contributed by atoms with E-state index in [1.54, 1.807) is 6.20 Å². The summed E-state index contributed by atoms with van der Waals surface area (Å²) in [5, 5.41) is 9.07. The minimum absolute atomic E-state index is 0.0905.